The molecule has 1 atom stereocenters. The van der Waals surface area contributed by atoms with Crippen molar-refractivity contribution in [3.05, 3.63) is 52.6 Å². The molecule has 1 aliphatic rings. The van der Waals surface area contributed by atoms with Crippen LogP contribution in [0.3, 0.4) is 0 Å². The number of aliphatic imine (C=N–C) groups is 1. The highest BCUT2D eigenvalue weighted by molar-refractivity contribution is 7.91. The van der Waals surface area contributed by atoms with Gasteiger partial charge in [-0.15, -0.1) is 6.58 Å². The van der Waals surface area contributed by atoms with Gasteiger partial charge in [-0.25, -0.2) is 13.4 Å². The zero-order valence-corrected chi connectivity index (χ0v) is 14.0. The Balaban J connectivity index is 2.02. The van der Waals surface area contributed by atoms with Crippen LogP contribution in [-0.2, 0) is 16.4 Å². The fourth-order valence-corrected chi connectivity index (χ4v) is 3.99. The van der Waals surface area contributed by atoms with Gasteiger partial charge in [0.15, 0.2) is 15.8 Å². The van der Waals surface area contributed by atoms with Gasteiger partial charge in [0, 0.05) is 24.7 Å². The summed E-state index contributed by atoms with van der Waals surface area (Å²) in [4.78, 5) is 14.6. The molecule has 1 heterocycles. The van der Waals surface area contributed by atoms with Crippen LogP contribution in [0.1, 0.15) is 12.0 Å². The van der Waals surface area contributed by atoms with Gasteiger partial charge in [0.1, 0.15) is 0 Å². The number of nitro benzene ring substituents is 1. The van der Waals surface area contributed by atoms with E-state index in [-0.39, 0.29) is 23.2 Å². The molecular formula is C15H20N4O4S. The molecule has 0 bridgehead atoms. The van der Waals surface area contributed by atoms with E-state index in [1.54, 1.807) is 18.2 Å². The molecule has 1 saturated heterocycles. The maximum Gasteiger partial charge on any atom is 0.269 e. The molecule has 1 aromatic carbocycles. The van der Waals surface area contributed by atoms with E-state index in [0.29, 0.717) is 25.5 Å². The summed E-state index contributed by atoms with van der Waals surface area (Å²) in [6.45, 7) is 4.44. The Kier molecular flexibility index (Phi) is 5.91. The minimum atomic E-state index is -2.97. The molecule has 1 aliphatic heterocycles. The van der Waals surface area contributed by atoms with Crippen molar-refractivity contribution >= 4 is 21.5 Å². The monoisotopic (exact) mass is 352 g/mol. The Hall–Kier alpha value is -2.42. The van der Waals surface area contributed by atoms with Crippen molar-refractivity contribution in [3.63, 3.8) is 0 Å². The molecule has 1 unspecified atom stereocenters. The lowest BCUT2D eigenvalue weighted by atomic mass is 10.2. The Labute approximate surface area is 140 Å². The SMILES string of the molecule is C=CCNC(=NCc1ccc([N+](=O)[O-])cc1)NC1CCS(=O)(=O)C1. The third kappa shape index (κ3) is 5.34. The van der Waals surface area contributed by atoms with Gasteiger partial charge >= 0.3 is 0 Å². The van der Waals surface area contributed by atoms with Crippen LogP contribution in [0.4, 0.5) is 5.69 Å². The first kappa shape index (κ1) is 17.9. The van der Waals surface area contributed by atoms with Crippen LogP contribution in [0.5, 0.6) is 0 Å². The number of nitrogens with one attached hydrogen (secondary N) is 2. The van der Waals surface area contributed by atoms with Crippen molar-refractivity contribution in [3.8, 4) is 0 Å². The van der Waals surface area contributed by atoms with Crippen LogP contribution in [-0.4, -0.2) is 43.4 Å². The number of guanidine groups is 1. The molecule has 24 heavy (non-hydrogen) atoms. The minimum Gasteiger partial charge on any atom is -0.353 e. The summed E-state index contributed by atoms with van der Waals surface area (Å²) < 4.78 is 23.1. The van der Waals surface area contributed by atoms with E-state index >= 15 is 0 Å². The zero-order valence-electron chi connectivity index (χ0n) is 13.1. The molecule has 0 aromatic heterocycles. The molecular weight excluding hydrogens is 332 g/mol. The standard InChI is InChI=1S/C15H20N4O4S/c1-2-8-16-15(18-13-7-9-24(22,23)11-13)17-10-12-3-5-14(6-4-12)19(20)21/h2-6,13H,1,7-11H2,(H2,16,17,18). The van der Waals surface area contributed by atoms with Gasteiger partial charge in [0.25, 0.3) is 5.69 Å². The molecule has 2 N–H and O–H groups in total. The highest BCUT2D eigenvalue weighted by Gasteiger charge is 2.28. The van der Waals surface area contributed by atoms with Crippen molar-refractivity contribution in [2.24, 2.45) is 4.99 Å². The number of hydrogen-bond donors (Lipinski definition) is 2. The summed E-state index contributed by atoms with van der Waals surface area (Å²) >= 11 is 0. The summed E-state index contributed by atoms with van der Waals surface area (Å²) in [5.41, 5.74) is 0.848. The highest BCUT2D eigenvalue weighted by Crippen LogP contribution is 2.13. The summed E-state index contributed by atoms with van der Waals surface area (Å²) in [6, 6.07) is 5.99. The summed E-state index contributed by atoms with van der Waals surface area (Å²) in [5.74, 6) is 0.775. The van der Waals surface area contributed by atoms with Crippen molar-refractivity contribution < 1.29 is 13.3 Å². The lowest BCUT2D eigenvalue weighted by Crippen LogP contribution is -2.44. The quantitative estimate of drug-likeness (QED) is 0.260. The highest BCUT2D eigenvalue weighted by atomic mass is 32.2. The molecule has 9 heteroatoms. The Morgan fingerprint density at radius 3 is 2.67 bits per heavy atom. The fraction of sp³-hybridized carbons (Fsp3) is 0.400. The molecule has 2 rings (SSSR count). The van der Waals surface area contributed by atoms with Gasteiger partial charge < -0.3 is 10.6 Å². The maximum absolute atomic E-state index is 11.5. The van der Waals surface area contributed by atoms with E-state index in [2.05, 4.69) is 22.2 Å². The molecule has 1 fully saturated rings. The fourth-order valence-electron chi connectivity index (χ4n) is 2.32. The van der Waals surface area contributed by atoms with E-state index < -0.39 is 14.8 Å². The minimum absolute atomic E-state index is 0.0297. The van der Waals surface area contributed by atoms with E-state index in [9.17, 15) is 18.5 Å². The van der Waals surface area contributed by atoms with Crippen LogP contribution < -0.4 is 10.6 Å². The summed E-state index contributed by atoms with van der Waals surface area (Å²) in [5, 5.41) is 16.8. The smallest absolute Gasteiger partial charge is 0.269 e. The van der Waals surface area contributed by atoms with Gasteiger partial charge in [0.05, 0.1) is 23.0 Å². The van der Waals surface area contributed by atoms with Gasteiger partial charge in [0.2, 0.25) is 0 Å². The average Bonchev–Trinajstić information content (AvgIpc) is 2.89. The molecule has 0 spiro atoms. The number of rotatable bonds is 6. The summed E-state index contributed by atoms with van der Waals surface area (Å²) in [6.07, 6.45) is 2.23. The van der Waals surface area contributed by atoms with E-state index in [0.717, 1.165) is 5.56 Å². The topological polar surface area (TPSA) is 114 Å². The molecule has 1 aromatic rings. The molecule has 8 nitrogen and oxygen atoms in total. The normalized spacial score (nSPS) is 19.7. The zero-order chi connectivity index (χ0) is 17.6. The molecule has 130 valence electrons. The first-order chi connectivity index (χ1) is 11.4. The lowest BCUT2D eigenvalue weighted by molar-refractivity contribution is -0.384. The van der Waals surface area contributed by atoms with Gasteiger partial charge in [-0.3, -0.25) is 10.1 Å². The van der Waals surface area contributed by atoms with Crippen molar-refractivity contribution in [2.75, 3.05) is 18.1 Å². The van der Waals surface area contributed by atoms with E-state index in [4.69, 9.17) is 0 Å². The van der Waals surface area contributed by atoms with Crippen LogP contribution in [0, 0.1) is 10.1 Å². The maximum atomic E-state index is 11.5. The first-order valence-electron chi connectivity index (χ1n) is 7.49. The van der Waals surface area contributed by atoms with E-state index in [1.807, 2.05) is 0 Å². The van der Waals surface area contributed by atoms with Gasteiger partial charge in [-0.2, -0.15) is 0 Å². The van der Waals surface area contributed by atoms with Gasteiger partial charge in [-0.05, 0) is 12.0 Å². The van der Waals surface area contributed by atoms with Crippen LogP contribution in [0.2, 0.25) is 0 Å². The number of hydrogen-bond acceptors (Lipinski definition) is 5. The van der Waals surface area contributed by atoms with Crippen molar-refractivity contribution in [2.45, 2.75) is 19.0 Å². The largest absolute Gasteiger partial charge is 0.353 e. The second kappa shape index (κ2) is 7.91. The molecule has 0 amide bonds. The second-order valence-corrected chi connectivity index (χ2v) is 7.73. The number of benzene rings is 1. The first-order valence-corrected chi connectivity index (χ1v) is 9.31. The second-order valence-electron chi connectivity index (χ2n) is 5.50. The molecule has 0 aliphatic carbocycles. The van der Waals surface area contributed by atoms with E-state index in [1.165, 1.54) is 12.1 Å². The Bertz CT molecular complexity index is 728. The summed E-state index contributed by atoms with van der Waals surface area (Å²) in [7, 11) is -2.97. The Morgan fingerprint density at radius 1 is 1.42 bits per heavy atom. The lowest BCUT2D eigenvalue weighted by Gasteiger charge is -2.15. The third-order valence-corrected chi connectivity index (χ3v) is 5.32. The van der Waals surface area contributed by atoms with Crippen molar-refractivity contribution in [1.82, 2.24) is 10.6 Å². The number of nitro groups is 1. The molecule has 0 saturated carbocycles. The average molecular weight is 352 g/mol. The van der Waals surface area contributed by atoms with Crippen LogP contribution in [0.15, 0.2) is 41.9 Å². The number of non-ortho nitro benzene ring substituents is 1. The third-order valence-electron chi connectivity index (χ3n) is 3.55. The Morgan fingerprint density at radius 2 is 2.12 bits per heavy atom. The van der Waals surface area contributed by atoms with Crippen molar-refractivity contribution in [1.29, 1.82) is 0 Å². The van der Waals surface area contributed by atoms with Crippen LogP contribution in [0.25, 0.3) is 0 Å². The van der Waals surface area contributed by atoms with Crippen LogP contribution >= 0.6 is 0 Å². The predicted octanol–water partition coefficient (Wildman–Crippen LogP) is 1.00. The predicted molar refractivity (Wildman–Crippen MR) is 92.6 cm³/mol. The number of nitrogens with zero attached hydrogens (tertiary/aromatic N) is 2. The molecule has 0 radical (unpaired) electrons. The van der Waals surface area contributed by atoms with Gasteiger partial charge in [-0.1, -0.05) is 18.2 Å². The number of sulfone groups is 1.